The molecule has 0 saturated carbocycles. The Labute approximate surface area is 173 Å². The van der Waals surface area contributed by atoms with E-state index in [0.717, 1.165) is 18.8 Å². The maximum absolute atomic E-state index is 12.3. The first-order valence-corrected chi connectivity index (χ1v) is 11.2. The Hall–Kier alpha value is -2.67. The highest BCUT2D eigenvalue weighted by molar-refractivity contribution is 7.85. The minimum absolute atomic E-state index is 0.228. The molecule has 2 aromatic carbocycles. The molecule has 1 fully saturated rings. The summed E-state index contributed by atoms with van der Waals surface area (Å²) in [6.07, 6.45) is 3.69. The summed E-state index contributed by atoms with van der Waals surface area (Å²) in [4.78, 5) is 27.2. The second-order valence-electron chi connectivity index (χ2n) is 6.85. The lowest BCUT2D eigenvalue weighted by Crippen LogP contribution is -2.29. The Morgan fingerprint density at radius 3 is 2.41 bits per heavy atom. The number of esters is 1. The fraction of sp³-hybridized carbons (Fsp3) is 0.364. The van der Waals surface area contributed by atoms with Crippen LogP contribution < -0.4 is 10.2 Å². The fourth-order valence-electron chi connectivity index (χ4n) is 3.30. The van der Waals surface area contributed by atoms with Crippen molar-refractivity contribution in [1.29, 1.82) is 0 Å². The van der Waals surface area contributed by atoms with E-state index in [1.54, 1.807) is 31.2 Å². The first-order chi connectivity index (χ1) is 14.1. The van der Waals surface area contributed by atoms with Crippen LogP contribution in [0.1, 0.15) is 36.5 Å². The smallest absolute Gasteiger partial charge is 0.339 e. The molecule has 3 rings (SSSR count). The minimum atomic E-state index is -1.28. The van der Waals surface area contributed by atoms with Gasteiger partial charge >= 0.3 is 5.97 Å². The first kappa shape index (κ1) is 21.0. The van der Waals surface area contributed by atoms with E-state index in [9.17, 15) is 13.8 Å². The Morgan fingerprint density at radius 2 is 1.72 bits per heavy atom. The molecule has 7 heteroatoms. The second kappa shape index (κ2) is 10.2. The van der Waals surface area contributed by atoms with Crippen molar-refractivity contribution in [1.82, 2.24) is 0 Å². The van der Waals surface area contributed by atoms with Crippen molar-refractivity contribution in [3.05, 3.63) is 54.1 Å². The lowest BCUT2D eigenvalue weighted by Gasteiger charge is -2.28. The molecular weight excluding hydrogens is 388 g/mol. The molecule has 0 aromatic heterocycles. The number of piperidine rings is 1. The number of ether oxygens (including phenoxy) is 1. The van der Waals surface area contributed by atoms with E-state index < -0.39 is 29.3 Å². The largest absolute Gasteiger partial charge is 0.452 e. The summed E-state index contributed by atoms with van der Waals surface area (Å²) in [7, 11) is -1.28. The van der Waals surface area contributed by atoms with E-state index >= 15 is 0 Å². The van der Waals surface area contributed by atoms with Gasteiger partial charge in [0.1, 0.15) is 0 Å². The standard InChI is InChI=1S/C22H26N2O4S/c1-2-29(27)20-9-5-4-8-19(20)22(26)28-16-21(25)23-17-10-12-18(13-11-17)24-14-6-3-7-15-24/h4-5,8-13H,2-3,6-7,14-16H2,1H3,(H,23,25)/t29-/m0/s1. The van der Waals surface area contributed by atoms with Crippen molar-refractivity contribution in [3.8, 4) is 0 Å². The highest BCUT2D eigenvalue weighted by Crippen LogP contribution is 2.22. The minimum Gasteiger partial charge on any atom is -0.452 e. The zero-order chi connectivity index (χ0) is 20.6. The Kier molecular flexibility index (Phi) is 7.41. The van der Waals surface area contributed by atoms with Crippen LogP contribution in [0.2, 0.25) is 0 Å². The molecule has 1 atom stereocenters. The summed E-state index contributed by atoms with van der Waals surface area (Å²) < 4.78 is 17.2. The molecule has 1 aliphatic heterocycles. The molecule has 0 unspecified atom stereocenters. The van der Waals surface area contributed by atoms with E-state index in [1.165, 1.54) is 19.3 Å². The lowest BCUT2D eigenvalue weighted by atomic mass is 10.1. The number of carbonyl (C=O) groups excluding carboxylic acids is 2. The zero-order valence-corrected chi connectivity index (χ0v) is 17.4. The highest BCUT2D eigenvalue weighted by Gasteiger charge is 2.17. The summed E-state index contributed by atoms with van der Waals surface area (Å²) in [6.45, 7) is 3.50. The summed E-state index contributed by atoms with van der Waals surface area (Å²) >= 11 is 0. The number of amides is 1. The van der Waals surface area contributed by atoms with E-state index in [1.807, 2.05) is 24.3 Å². The number of nitrogens with one attached hydrogen (secondary N) is 1. The van der Waals surface area contributed by atoms with Crippen LogP contribution in [0.3, 0.4) is 0 Å². The van der Waals surface area contributed by atoms with Crippen LogP contribution in [0.5, 0.6) is 0 Å². The number of hydrogen-bond donors (Lipinski definition) is 1. The quantitative estimate of drug-likeness (QED) is 0.701. The molecule has 1 N–H and O–H groups in total. The van der Waals surface area contributed by atoms with Crippen LogP contribution in [0.25, 0.3) is 0 Å². The van der Waals surface area contributed by atoms with Gasteiger partial charge in [-0.15, -0.1) is 0 Å². The van der Waals surface area contributed by atoms with Gasteiger partial charge in [-0.05, 0) is 55.7 Å². The van der Waals surface area contributed by atoms with Gasteiger partial charge in [0.25, 0.3) is 5.91 Å². The number of nitrogens with zero attached hydrogens (tertiary/aromatic N) is 1. The van der Waals surface area contributed by atoms with Gasteiger partial charge in [-0.3, -0.25) is 9.00 Å². The summed E-state index contributed by atoms with van der Waals surface area (Å²) in [6, 6.07) is 14.3. The molecule has 2 aromatic rings. The third-order valence-corrected chi connectivity index (χ3v) is 6.19. The maximum atomic E-state index is 12.3. The SMILES string of the molecule is CC[S@](=O)c1ccccc1C(=O)OCC(=O)Nc1ccc(N2CCCCC2)cc1. The molecule has 154 valence electrons. The van der Waals surface area contributed by atoms with Crippen LogP contribution in [0, 0.1) is 0 Å². The van der Waals surface area contributed by atoms with Gasteiger partial charge in [0.2, 0.25) is 0 Å². The predicted molar refractivity (Wildman–Crippen MR) is 115 cm³/mol. The Bertz CT molecular complexity index is 877. The van der Waals surface area contributed by atoms with Crippen LogP contribution in [0.4, 0.5) is 11.4 Å². The molecule has 29 heavy (non-hydrogen) atoms. The summed E-state index contributed by atoms with van der Waals surface area (Å²) in [5.41, 5.74) is 2.03. The van der Waals surface area contributed by atoms with Gasteiger partial charge in [-0.1, -0.05) is 19.1 Å². The summed E-state index contributed by atoms with van der Waals surface area (Å²) in [5.74, 6) is -0.672. The van der Waals surface area contributed by atoms with Gasteiger partial charge in [0.05, 0.1) is 21.3 Å². The van der Waals surface area contributed by atoms with Gasteiger partial charge in [-0.25, -0.2) is 4.79 Å². The third-order valence-electron chi connectivity index (χ3n) is 4.82. The molecular formula is C22H26N2O4S. The van der Waals surface area contributed by atoms with Crippen molar-refractivity contribution >= 4 is 34.1 Å². The molecule has 0 radical (unpaired) electrons. The van der Waals surface area contributed by atoms with Crippen molar-refractivity contribution in [2.24, 2.45) is 0 Å². The molecule has 1 aliphatic rings. The topological polar surface area (TPSA) is 75.7 Å². The first-order valence-electron chi connectivity index (χ1n) is 9.88. The highest BCUT2D eigenvalue weighted by atomic mass is 32.2. The molecule has 0 bridgehead atoms. The Morgan fingerprint density at radius 1 is 1.03 bits per heavy atom. The average Bonchev–Trinajstić information content (AvgIpc) is 2.78. The van der Waals surface area contributed by atoms with Crippen LogP contribution in [-0.4, -0.2) is 41.5 Å². The van der Waals surface area contributed by atoms with Gasteiger partial charge in [-0.2, -0.15) is 0 Å². The predicted octanol–water partition coefficient (Wildman–Crippen LogP) is 3.60. The van der Waals surface area contributed by atoms with Crippen LogP contribution >= 0.6 is 0 Å². The summed E-state index contributed by atoms with van der Waals surface area (Å²) in [5, 5.41) is 2.73. The molecule has 0 aliphatic carbocycles. The molecule has 1 saturated heterocycles. The van der Waals surface area contributed by atoms with Gasteiger partial charge < -0.3 is 15.0 Å². The van der Waals surface area contributed by atoms with Gasteiger partial charge in [0, 0.05) is 30.2 Å². The lowest BCUT2D eigenvalue weighted by molar-refractivity contribution is -0.119. The number of anilines is 2. The van der Waals surface area contributed by atoms with Crippen LogP contribution in [0.15, 0.2) is 53.4 Å². The monoisotopic (exact) mass is 414 g/mol. The van der Waals surface area contributed by atoms with E-state index in [4.69, 9.17) is 4.74 Å². The van der Waals surface area contributed by atoms with Crippen molar-refractivity contribution < 1.29 is 18.5 Å². The van der Waals surface area contributed by atoms with E-state index in [0.29, 0.717) is 16.3 Å². The number of benzene rings is 2. The normalized spacial score (nSPS) is 14.9. The number of rotatable bonds is 7. The average molecular weight is 415 g/mol. The van der Waals surface area contributed by atoms with Gasteiger partial charge in [0.15, 0.2) is 6.61 Å². The number of carbonyl (C=O) groups is 2. The van der Waals surface area contributed by atoms with E-state index in [-0.39, 0.29) is 5.56 Å². The molecule has 6 nitrogen and oxygen atoms in total. The Balaban J connectivity index is 1.53. The maximum Gasteiger partial charge on any atom is 0.339 e. The second-order valence-corrected chi connectivity index (χ2v) is 8.56. The zero-order valence-electron chi connectivity index (χ0n) is 16.6. The number of hydrogen-bond acceptors (Lipinski definition) is 5. The van der Waals surface area contributed by atoms with E-state index in [2.05, 4.69) is 10.2 Å². The molecule has 0 spiro atoms. The third kappa shape index (κ3) is 5.67. The van der Waals surface area contributed by atoms with Crippen molar-refractivity contribution in [2.75, 3.05) is 35.7 Å². The molecule has 1 amide bonds. The fourth-order valence-corrected chi connectivity index (χ4v) is 4.24. The molecule has 1 heterocycles. The van der Waals surface area contributed by atoms with Crippen LogP contribution in [-0.2, 0) is 20.3 Å². The van der Waals surface area contributed by atoms with Crippen molar-refractivity contribution in [3.63, 3.8) is 0 Å². The van der Waals surface area contributed by atoms with Crippen molar-refractivity contribution in [2.45, 2.75) is 31.1 Å².